The van der Waals surface area contributed by atoms with Gasteiger partial charge >= 0.3 is 0 Å². The van der Waals surface area contributed by atoms with E-state index in [0.29, 0.717) is 29.1 Å². The molecule has 1 atom stereocenters. The van der Waals surface area contributed by atoms with Gasteiger partial charge in [0.25, 0.3) is 0 Å². The maximum absolute atomic E-state index is 15.0. The fourth-order valence-corrected chi connectivity index (χ4v) is 6.12. The number of aromatic nitrogens is 3. The van der Waals surface area contributed by atoms with E-state index in [1.165, 1.54) is 36.2 Å². The highest BCUT2D eigenvalue weighted by atomic mass is 79.9. The van der Waals surface area contributed by atoms with Crippen LogP contribution in [0.4, 0.5) is 13.2 Å². The van der Waals surface area contributed by atoms with Gasteiger partial charge < -0.3 is 19.4 Å². The largest absolute Gasteiger partial charge is 0.492 e. The van der Waals surface area contributed by atoms with Crippen molar-refractivity contribution in [2.45, 2.75) is 23.7 Å². The molecule has 3 heterocycles. The molecule has 6 rings (SSSR count). The Hall–Kier alpha value is -3.37. The molecule has 194 valence electrons. The van der Waals surface area contributed by atoms with Crippen molar-refractivity contribution in [1.82, 2.24) is 15.0 Å². The molecule has 5 aromatic rings. The summed E-state index contributed by atoms with van der Waals surface area (Å²) < 4.78 is 57.3. The molecule has 0 radical (unpaired) electrons. The minimum atomic E-state index is -1.12. The van der Waals surface area contributed by atoms with Gasteiger partial charge in [-0.2, -0.15) is 4.39 Å². The number of rotatable bonds is 5. The number of imidazole rings is 1. The second kappa shape index (κ2) is 9.43. The highest BCUT2D eigenvalue weighted by molar-refractivity contribution is 9.10. The number of thioether (sulfide) groups is 1. The molecular weight excluding hydrogens is 579 g/mol. The molecular formula is C28H21BrF3N3O2S. The van der Waals surface area contributed by atoms with E-state index < -0.39 is 22.9 Å². The van der Waals surface area contributed by atoms with Crippen molar-refractivity contribution in [1.29, 1.82) is 0 Å². The van der Waals surface area contributed by atoms with E-state index in [4.69, 9.17) is 9.47 Å². The maximum Gasteiger partial charge on any atom is 0.204 e. The minimum absolute atomic E-state index is 0.0670. The van der Waals surface area contributed by atoms with Crippen molar-refractivity contribution in [2.75, 3.05) is 12.9 Å². The minimum Gasteiger partial charge on any atom is -0.492 e. The van der Waals surface area contributed by atoms with E-state index in [-0.39, 0.29) is 22.6 Å². The summed E-state index contributed by atoms with van der Waals surface area (Å²) >= 11 is 4.79. The number of hydrogen-bond acceptors (Lipinski definition) is 4. The molecule has 0 amide bonds. The van der Waals surface area contributed by atoms with Crippen LogP contribution in [0.2, 0.25) is 0 Å². The van der Waals surface area contributed by atoms with Gasteiger partial charge in [0, 0.05) is 34.5 Å². The van der Waals surface area contributed by atoms with Crippen LogP contribution in [-0.4, -0.2) is 27.8 Å². The van der Waals surface area contributed by atoms with Gasteiger partial charge in [0.1, 0.15) is 23.1 Å². The molecule has 10 heteroatoms. The van der Waals surface area contributed by atoms with Gasteiger partial charge in [0.15, 0.2) is 11.6 Å². The molecule has 38 heavy (non-hydrogen) atoms. The van der Waals surface area contributed by atoms with Crippen molar-refractivity contribution in [3.63, 3.8) is 0 Å². The van der Waals surface area contributed by atoms with Gasteiger partial charge in [-0.05, 0) is 65.9 Å². The normalized spacial score (nSPS) is 16.9. The molecule has 2 N–H and O–H groups in total. The summed E-state index contributed by atoms with van der Waals surface area (Å²) in [5.41, 5.74) is 1.57. The van der Waals surface area contributed by atoms with Crippen LogP contribution in [0.15, 0.2) is 64.2 Å². The Bertz CT molecular complexity index is 1700. The molecule has 0 unspecified atom stereocenters. The Kier molecular flexibility index (Phi) is 6.19. The third kappa shape index (κ3) is 3.89. The quantitative estimate of drug-likeness (QED) is 0.199. The van der Waals surface area contributed by atoms with Gasteiger partial charge in [0.05, 0.1) is 27.1 Å². The lowest BCUT2D eigenvalue weighted by Crippen LogP contribution is -2.31. The van der Waals surface area contributed by atoms with Crippen LogP contribution in [0.1, 0.15) is 24.6 Å². The zero-order valence-corrected chi connectivity index (χ0v) is 22.7. The zero-order valence-electron chi connectivity index (χ0n) is 20.3. The summed E-state index contributed by atoms with van der Waals surface area (Å²) in [5.74, 6) is -1.72. The first-order chi connectivity index (χ1) is 18.3. The molecule has 0 saturated heterocycles. The Labute approximate surface area is 228 Å². The number of para-hydroxylation sites is 1. The van der Waals surface area contributed by atoms with Crippen molar-refractivity contribution < 1.29 is 22.6 Å². The van der Waals surface area contributed by atoms with E-state index in [9.17, 15) is 4.39 Å². The predicted octanol–water partition coefficient (Wildman–Crippen LogP) is 8.34. The van der Waals surface area contributed by atoms with E-state index in [0.717, 1.165) is 21.5 Å². The van der Waals surface area contributed by atoms with Crippen LogP contribution < -0.4 is 9.47 Å². The van der Waals surface area contributed by atoms with E-state index in [1.807, 2.05) is 18.2 Å². The average molecular weight is 600 g/mol. The molecule has 0 aliphatic carbocycles. The van der Waals surface area contributed by atoms with E-state index in [2.05, 4.69) is 37.8 Å². The predicted molar refractivity (Wildman–Crippen MR) is 145 cm³/mol. The standard InChI is InChI=1S/C28H21BrF3N3O2S/c1-28(9-11-36-24-17(28)4-3-5-18(24)29)20-13-34-27(35-20)16-12-14(6-7-19(16)30)37-25-22(32)21(31)23-15(8-10-33-23)26(25)38-2/h3-8,10,12-13,33H,9,11H2,1-2H3,(H,34,35)/t28-/m0/s1. The van der Waals surface area contributed by atoms with Crippen molar-refractivity contribution in [3.8, 4) is 28.6 Å². The number of nitrogens with one attached hydrogen (secondary N) is 2. The first-order valence-electron chi connectivity index (χ1n) is 11.8. The maximum atomic E-state index is 15.0. The molecule has 0 bridgehead atoms. The van der Waals surface area contributed by atoms with Crippen LogP contribution >= 0.6 is 27.7 Å². The summed E-state index contributed by atoms with van der Waals surface area (Å²) in [6, 6.07) is 11.6. The van der Waals surface area contributed by atoms with E-state index in [1.54, 1.807) is 18.5 Å². The van der Waals surface area contributed by atoms with Crippen molar-refractivity contribution >= 4 is 38.6 Å². The topological polar surface area (TPSA) is 62.9 Å². The van der Waals surface area contributed by atoms with Crippen LogP contribution in [0, 0.1) is 17.5 Å². The first-order valence-corrected chi connectivity index (χ1v) is 13.8. The number of nitrogens with zero attached hydrogens (tertiary/aromatic N) is 1. The third-order valence-electron chi connectivity index (χ3n) is 7.01. The Balaban J connectivity index is 1.38. The smallest absolute Gasteiger partial charge is 0.204 e. The number of fused-ring (bicyclic) bond motifs is 2. The summed E-state index contributed by atoms with van der Waals surface area (Å²) in [6.45, 7) is 2.61. The number of aromatic amines is 2. The van der Waals surface area contributed by atoms with Gasteiger partial charge in [-0.25, -0.2) is 13.8 Å². The fourth-order valence-electron chi connectivity index (χ4n) is 4.93. The van der Waals surface area contributed by atoms with Crippen molar-refractivity contribution in [2.24, 2.45) is 0 Å². The van der Waals surface area contributed by atoms with Crippen molar-refractivity contribution in [3.05, 3.63) is 88.0 Å². The van der Waals surface area contributed by atoms with Gasteiger partial charge in [-0.15, -0.1) is 11.8 Å². The molecule has 5 nitrogen and oxygen atoms in total. The number of hydrogen-bond donors (Lipinski definition) is 2. The van der Waals surface area contributed by atoms with Crippen LogP contribution in [0.3, 0.4) is 0 Å². The molecule has 0 fully saturated rings. The molecule has 1 aliphatic rings. The van der Waals surface area contributed by atoms with Gasteiger partial charge in [-0.1, -0.05) is 12.1 Å². The van der Waals surface area contributed by atoms with Crippen LogP contribution in [0.25, 0.3) is 22.3 Å². The molecule has 1 aliphatic heterocycles. The Morgan fingerprint density at radius 2 is 1.97 bits per heavy atom. The Morgan fingerprint density at radius 1 is 1.13 bits per heavy atom. The fraction of sp³-hybridized carbons (Fsp3) is 0.179. The number of ether oxygens (including phenoxy) is 2. The highest BCUT2D eigenvalue weighted by Crippen LogP contribution is 2.46. The summed E-state index contributed by atoms with van der Waals surface area (Å²) in [5, 5.41) is 0.501. The average Bonchev–Trinajstić information content (AvgIpc) is 3.60. The lowest BCUT2D eigenvalue weighted by Gasteiger charge is -2.35. The van der Waals surface area contributed by atoms with Gasteiger partial charge in [-0.3, -0.25) is 0 Å². The van der Waals surface area contributed by atoms with Gasteiger partial charge in [0.2, 0.25) is 5.82 Å². The number of benzene rings is 3. The molecule has 2 aromatic heterocycles. The Morgan fingerprint density at radius 3 is 2.79 bits per heavy atom. The first kappa shape index (κ1) is 24.9. The molecule has 3 aromatic carbocycles. The lowest BCUT2D eigenvalue weighted by atomic mass is 9.75. The highest BCUT2D eigenvalue weighted by Gasteiger charge is 2.37. The zero-order chi connectivity index (χ0) is 26.6. The monoisotopic (exact) mass is 599 g/mol. The third-order valence-corrected chi connectivity index (χ3v) is 8.44. The summed E-state index contributed by atoms with van der Waals surface area (Å²) in [6.07, 6.45) is 5.68. The number of H-pyrrole nitrogens is 2. The second-order valence-electron chi connectivity index (χ2n) is 9.19. The second-order valence-corrected chi connectivity index (χ2v) is 10.9. The summed E-state index contributed by atoms with van der Waals surface area (Å²) in [7, 11) is 0. The molecule has 0 spiro atoms. The lowest BCUT2D eigenvalue weighted by molar-refractivity contribution is 0.240. The molecule has 0 saturated carbocycles. The summed E-state index contributed by atoms with van der Waals surface area (Å²) in [4.78, 5) is 10.9. The van der Waals surface area contributed by atoms with Crippen LogP contribution in [-0.2, 0) is 5.41 Å². The SMILES string of the molecule is CSc1c(Oc2ccc(F)c(-c3ncc([C@@]4(C)CCOc5c(Br)cccc54)[nH]3)c2)c(F)c(F)c2[nH]ccc12. The van der Waals surface area contributed by atoms with E-state index >= 15 is 8.78 Å². The van der Waals surface area contributed by atoms with Crippen LogP contribution in [0.5, 0.6) is 17.2 Å². The number of halogens is 4.